The average molecular weight is 238 g/mol. The van der Waals surface area contributed by atoms with Crippen LogP contribution in [0.4, 0.5) is 0 Å². The zero-order valence-electron chi connectivity index (χ0n) is 9.91. The lowest BCUT2D eigenvalue weighted by Crippen LogP contribution is -2.34. The Morgan fingerprint density at radius 1 is 0.944 bits per heavy atom. The average Bonchev–Trinajstić information content (AvgIpc) is 2.42. The number of benzene rings is 2. The summed E-state index contributed by atoms with van der Waals surface area (Å²) in [6.45, 7) is 3.73. The monoisotopic (exact) mass is 238 g/mol. The van der Waals surface area contributed by atoms with Crippen molar-refractivity contribution in [1.82, 2.24) is 0 Å². The zero-order valence-corrected chi connectivity index (χ0v) is 9.91. The summed E-state index contributed by atoms with van der Waals surface area (Å²) >= 11 is 0. The van der Waals surface area contributed by atoms with E-state index >= 15 is 0 Å². The van der Waals surface area contributed by atoms with Crippen molar-refractivity contribution in [3.05, 3.63) is 84.4 Å². The minimum absolute atomic E-state index is 0.707. The van der Waals surface area contributed by atoms with Crippen LogP contribution in [0, 0.1) is 0 Å². The van der Waals surface area contributed by atoms with Crippen LogP contribution >= 0.6 is 0 Å². The fourth-order valence-corrected chi connectivity index (χ4v) is 2.14. The van der Waals surface area contributed by atoms with Gasteiger partial charge in [0.2, 0.25) is 0 Å². The molecule has 0 amide bonds. The lowest BCUT2D eigenvalue weighted by atomic mass is 9.74. The molecule has 0 aliphatic carbocycles. The van der Waals surface area contributed by atoms with E-state index in [0.717, 1.165) is 0 Å². The van der Waals surface area contributed by atoms with Crippen LogP contribution in [-0.4, -0.2) is 11.1 Å². The SMILES string of the molecule is C=CC(C(=O)O)(c1ccccc1)c1ccccc1. The molecule has 0 heterocycles. The molecular weight excluding hydrogens is 224 g/mol. The van der Waals surface area contributed by atoms with Gasteiger partial charge in [-0.05, 0) is 11.1 Å². The Hall–Kier alpha value is -2.35. The van der Waals surface area contributed by atoms with Gasteiger partial charge in [0.1, 0.15) is 5.41 Å². The first-order valence-corrected chi connectivity index (χ1v) is 5.70. The maximum absolute atomic E-state index is 11.8. The van der Waals surface area contributed by atoms with Crippen molar-refractivity contribution in [3.63, 3.8) is 0 Å². The molecule has 2 aromatic rings. The topological polar surface area (TPSA) is 37.3 Å². The molecule has 18 heavy (non-hydrogen) atoms. The van der Waals surface area contributed by atoms with Crippen molar-refractivity contribution in [2.75, 3.05) is 0 Å². The Labute approximate surface area is 106 Å². The molecule has 1 N–H and O–H groups in total. The lowest BCUT2D eigenvalue weighted by Gasteiger charge is -2.27. The van der Waals surface area contributed by atoms with Crippen LogP contribution in [0.1, 0.15) is 11.1 Å². The predicted octanol–water partition coefficient (Wildman–Crippen LogP) is 3.24. The van der Waals surface area contributed by atoms with Crippen molar-refractivity contribution < 1.29 is 9.90 Å². The van der Waals surface area contributed by atoms with E-state index in [1.54, 1.807) is 0 Å². The number of aliphatic carboxylic acids is 1. The third-order valence-corrected chi connectivity index (χ3v) is 3.10. The third kappa shape index (κ3) is 1.82. The van der Waals surface area contributed by atoms with Crippen LogP contribution in [0.25, 0.3) is 0 Å². The van der Waals surface area contributed by atoms with Gasteiger partial charge < -0.3 is 5.11 Å². The molecule has 0 aliphatic heterocycles. The van der Waals surface area contributed by atoms with Gasteiger partial charge in [-0.2, -0.15) is 0 Å². The Balaban J connectivity index is 2.69. The smallest absolute Gasteiger partial charge is 0.322 e. The molecule has 2 rings (SSSR count). The standard InChI is InChI=1S/C16H14O2/c1-2-16(15(17)18,13-9-5-3-6-10-13)14-11-7-4-8-12-14/h2-12H,1H2,(H,17,18). The molecule has 2 nitrogen and oxygen atoms in total. The van der Waals surface area contributed by atoms with Gasteiger partial charge in [0.05, 0.1) is 0 Å². The van der Waals surface area contributed by atoms with Crippen molar-refractivity contribution in [2.45, 2.75) is 5.41 Å². The minimum Gasteiger partial charge on any atom is -0.480 e. The van der Waals surface area contributed by atoms with Gasteiger partial charge in [-0.15, -0.1) is 6.58 Å². The van der Waals surface area contributed by atoms with Gasteiger partial charge in [-0.1, -0.05) is 66.7 Å². The van der Waals surface area contributed by atoms with Gasteiger partial charge in [0.25, 0.3) is 0 Å². The number of rotatable bonds is 4. The van der Waals surface area contributed by atoms with E-state index in [-0.39, 0.29) is 0 Å². The first-order chi connectivity index (χ1) is 8.71. The van der Waals surface area contributed by atoms with Crippen molar-refractivity contribution >= 4 is 5.97 Å². The molecule has 0 atom stereocenters. The van der Waals surface area contributed by atoms with E-state index < -0.39 is 11.4 Å². The molecule has 2 heteroatoms. The Bertz CT molecular complexity index is 504. The van der Waals surface area contributed by atoms with E-state index in [2.05, 4.69) is 6.58 Å². The van der Waals surface area contributed by atoms with Crippen LogP contribution < -0.4 is 0 Å². The second-order valence-corrected chi connectivity index (χ2v) is 4.05. The molecule has 0 aromatic heterocycles. The van der Waals surface area contributed by atoms with E-state index in [9.17, 15) is 9.90 Å². The van der Waals surface area contributed by atoms with Crippen molar-refractivity contribution in [3.8, 4) is 0 Å². The summed E-state index contributed by atoms with van der Waals surface area (Å²) in [5.41, 5.74) is 0.222. The van der Waals surface area contributed by atoms with Crippen molar-refractivity contribution in [2.24, 2.45) is 0 Å². The normalized spacial score (nSPS) is 10.9. The molecule has 0 fully saturated rings. The van der Waals surface area contributed by atoms with Crippen LogP contribution in [0.3, 0.4) is 0 Å². The minimum atomic E-state index is -1.19. The molecule has 0 saturated carbocycles. The van der Waals surface area contributed by atoms with Gasteiger partial charge in [0.15, 0.2) is 0 Å². The highest BCUT2D eigenvalue weighted by Crippen LogP contribution is 2.33. The second-order valence-electron chi connectivity index (χ2n) is 4.05. The predicted molar refractivity (Wildman–Crippen MR) is 71.5 cm³/mol. The maximum Gasteiger partial charge on any atom is 0.322 e. The molecule has 0 bridgehead atoms. The molecule has 2 aromatic carbocycles. The van der Waals surface area contributed by atoms with Gasteiger partial charge in [0, 0.05) is 0 Å². The molecule has 0 saturated heterocycles. The Morgan fingerprint density at radius 2 is 1.33 bits per heavy atom. The summed E-state index contributed by atoms with van der Waals surface area (Å²) in [6, 6.07) is 18.3. The van der Waals surface area contributed by atoms with Gasteiger partial charge in [-0.25, -0.2) is 0 Å². The quantitative estimate of drug-likeness (QED) is 0.830. The largest absolute Gasteiger partial charge is 0.480 e. The van der Waals surface area contributed by atoms with E-state index in [0.29, 0.717) is 11.1 Å². The lowest BCUT2D eigenvalue weighted by molar-refractivity contribution is -0.140. The zero-order chi connectivity index (χ0) is 13.0. The van der Waals surface area contributed by atoms with E-state index in [4.69, 9.17) is 0 Å². The number of hydrogen-bond acceptors (Lipinski definition) is 1. The van der Waals surface area contributed by atoms with Gasteiger partial charge >= 0.3 is 5.97 Å². The molecule has 0 radical (unpaired) electrons. The highest BCUT2D eigenvalue weighted by molar-refractivity contribution is 5.88. The summed E-state index contributed by atoms with van der Waals surface area (Å²) in [6.07, 6.45) is 1.49. The van der Waals surface area contributed by atoms with Crippen LogP contribution in [0.5, 0.6) is 0 Å². The number of hydrogen-bond donors (Lipinski definition) is 1. The summed E-state index contributed by atoms with van der Waals surface area (Å²) < 4.78 is 0. The Kier molecular flexibility index (Phi) is 3.28. The summed E-state index contributed by atoms with van der Waals surface area (Å²) in [5.74, 6) is -0.921. The number of carboxylic acid groups (broad SMARTS) is 1. The molecule has 0 aliphatic rings. The van der Waals surface area contributed by atoms with E-state index in [1.807, 2.05) is 60.7 Å². The third-order valence-electron chi connectivity index (χ3n) is 3.10. The summed E-state index contributed by atoms with van der Waals surface area (Å²) in [5, 5.41) is 9.66. The van der Waals surface area contributed by atoms with Crippen LogP contribution in [0.15, 0.2) is 73.3 Å². The molecular formula is C16H14O2. The Morgan fingerprint density at radius 3 is 1.61 bits per heavy atom. The van der Waals surface area contributed by atoms with Crippen molar-refractivity contribution in [1.29, 1.82) is 0 Å². The highest BCUT2D eigenvalue weighted by atomic mass is 16.4. The first-order valence-electron chi connectivity index (χ1n) is 5.70. The molecule has 0 spiro atoms. The number of carbonyl (C=O) groups is 1. The van der Waals surface area contributed by atoms with Crippen LogP contribution in [0.2, 0.25) is 0 Å². The maximum atomic E-state index is 11.8. The summed E-state index contributed by atoms with van der Waals surface area (Å²) in [7, 11) is 0. The second kappa shape index (κ2) is 4.88. The molecule has 0 unspecified atom stereocenters. The first kappa shape index (κ1) is 12.1. The number of carboxylic acids is 1. The summed E-state index contributed by atoms with van der Waals surface area (Å²) in [4.78, 5) is 11.8. The van der Waals surface area contributed by atoms with E-state index in [1.165, 1.54) is 6.08 Å². The molecule has 90 valence electrons. The highest BCUT2D eigenvalue weighted by Gasteiger charge is 2.38. The fraction of sp³-hybridized carbons (Fsp3) is 0.0625. The fourth-order valence-electron chi connectivity index (χ4n) is 2.14. The van der Waals surface area contributed by atoms with Gasteiger partial charge in [-0.3, -0.25) is 4.79 Å². The van der Waals surface area contributed by atoms with Crippen LogP contribution in [-0.2, 0) is 10.2 Å².